The Morgan fingerprint density at radius 3 is 2.80 bits per heavy atom. The topological polar surface area (TPSA) is 51.2 Å². The zero-order valence-corrected chi connectivity index (χ0v) is 11.9. The van der Waals surface area contributed by atoms with Gasteiger partial charge in [-0.2, -0.15) is 4.39 Å². The molecule has 0 spiro atoms. The Labute approximate surface area is 121 Å². The summed E-state index contributed by atoms with van der Waals surface area (Å²) < 4.78 is 32.2. The fourth-order valence-electron chi connectivity index (χ4n) is 1.53. The Balaban J connectivity index is 2.26. The van der Waals surface area contributed by atoms with Gasteiger partial charge in [-0.25, -0.2) is 9.37 Å². The lowest BCUT2D eigenvalue weighted by molar-refractivity contribution is 0.102. The van der Waals surface area contributed by atoms with Gasteiger partial charge in [0.2, 0.25) is 5.95 Å². The van der Waals surface area contributed by atoms with Crippen LogP contribution in [-0.4, -0.2) is 18.0 Å². The molecule has 7 heteroatoms. The molecule has 0 saturated heterocycles. The highest BCUT2D eigenvalue weighted by molar-refractivity contribution is 9.10. The number of pyridine rings is 1. The van der Waals surface area contributed by atoms with Gasteiger partial charge >= 0.3 is 0 Å². The molecule has 0 radical (unpaired) electrons. The lowest BCUT2D eigenvalue weighted by Crippen LogP contribution is -2.15. The summed E-state index contributed by atoms with van der Waals surface area (Å²) in [6.07, 6.45) is 1.02. The monoisotopic (exact) mass is 342 g/mol. The number of benzene rings is 1. The van der Waals surface area contributed by atoms with Crippen LogP contribution in [-0.2, 0) is 0 Å². The Morgan fingerprint density at radius 2 is 2.10 bits per heavy atom. The largest absolute Gasteiger partial charge is 0.495 e. The van der Waals surface area contributed by atoms with Crippen molar-refractivity contribution in [2.24, 2.45) is 0 Å². The molecule has 4 nitrogen and oxygen atoms in total. The molecule has 0 atom stereocenters. The first kappa shape index (κ1) is 14.4. The zero-order chi connectivity index (χ0) is 14.7. The van der Waals surface area contributed by atoms with Crippen LogP contribution in [0.4, 0.5) is 14.5 Å². The van der Waals surface area contributed by atoms with Crippen molar-refractivity contribution in [2.45, 2.75) is 0 Å². The number of amides is 1. The van der Waals surface area contributed by atoms with Crippen molar-refractivity contribution in [1.29, 1.82) is 0 Å². The minimum absolute atomic E-state index is 0.395. The molecule has 0 bridgehead atoms. The summed E-state index contributed by atoms with van der Waals surface area (Å²) in [6.45, 7) is 0. The lowest BCUT2D eigenvalue weighted by atomic mass is 10.2. The van der Waals surface area contributed by atoms with Crippen LogP contribution in [0.5, 0.6) is 5.75 Å². The number of nitrogens with zero attached hydrogens (tertiary/aromatic N) is 1. The average molecular weight is 343 g/mol. The van der Waals surface area contributed by atoms with Gasteiger partial charge in [0.15, 0.2) is 5.82 Å². The third kappa shape index (κ3) is 2.93. The Morgan fingerprint density at radius 1 is 1.35 bits per heavy atom. The van der Waals surface area contributed by atoms with Crippen LogP contribution in [0.3, 0.4) is 0 Å². The van der Waals surface area contributed by atoms with Crippen LogP contribution in [0.25, 0.3) is 0 Å². The molecule has 1 N–H and O–H groups in total. The number of methoxy groups -OCH3 is 1. The van der Waals surface area contributed by atoms with E-state index in [0.717, 1.165) is 12.3 Å². The predicted octanol–water partition coefficient (Wildman–Crippen LogP) is 3.38. The first-order chi connectivity index (χ1) is 9.52. The second kappa shape index (κ2) is 5.96. The summed E-state index contributed by atoms with van der Waals surface area (Å²) >= 11 is 3.27. The van der Waals surface area contributed by atoms with E-state index in [1.807, 2.05) is 0 Å². The van der Waals surface area contributed by atoms with Crippen LogP contribution in [0.1, 0.15) is 10.4 Å². The summed E-state index contributed by atoms with van der Waals surface area (Å²) in [6, 6.07) is 5.92. The third-order valence-electron chi connectivity index (χ3n) is 2.50. The average Bonchev–Trinajstić information content (AvgIpc) is 2.43. The van der Waals surface area contributed by atoms with Gasteiger partial charge in [0.05, 0.1) is 17.1 Å². The van der Waals surface area contributed by atoms with E-state index in [0.29, 0.717) is 15.9 Å². The molecule has 0 unspecified atom stereocenters. The molecular weight excluding hydrogens is 334 g/mol. The molecule has 0 aliphatic carbocycles. The third-order valence-corrected chi connectivity index (χ3v) is 3.16. The van der Waals surface area contributed by atoms with Crippen molar-refractivity contribution in [3.8, 4) is 5.75 Å². The number of hydrogen-bond donors (Lipinski definition) is 1. The molecule has 0 aliphatic heterocycles. The number of carbonyl (C=O) groups is 1. The molecule has 2 aromatic rings. The van der Waals surface area contributed by atoms with Gasteiger partial charge in [0.25, 0.3) is 5.91 Å². The van der Waals surface area contributed by atoms with Gasteiger partial charge in [-0.15, -0.1) is 0 Å². The van der Waals surface area contributed by atoms with Crippen molar-refractivity contribution < 1.29 is 18.3 Å². The first-order valence-corrected chi connectivity index (χ1v) is 6.27. The molecule has 1 heterocycles. The molecule has 2 rings (SSSR count). The van der Waals surface area contributed by atoms with E-state index in [1.165, 1.54) is 7.11 Å². The van der Waals surface area contributed by atoms with Gasteiger partial charge in [-0.1, -0.05) is 0 Å². The van der Waals surface area contributed by atoms with E-state index in [9.17, 15) is 13.6 Å². The summed E-state index contributed by atoms with van der Waals surface area (Å²) in [4.78, 5) is 15.0. The van der Waals surface area contributed by atoms with Gasteiger partial charge in [-0.3, -0.25) is 4.79 Å². The zero-order valence-electron chi connectivity index (χ0n) is 10.3. The smallest absolute Gasteiger partial charge is 0.258 e. The van der Waals surface area contributed by atoms with Gasteiger partial charge in [0, 0.05) is 18.0 Å². The highest BCUT2D eigenvalue weighted by Gasteiger charge is 2.16. The molecule has 0 saturated carbocycles. The molecule has 1 aromatic heterocycles. The van der Waals surface area contributed by atoms with E-state index in [2.05, 4.69) is 26.2 Å². The fourth-order valence-corrected chi connectivity index (χ4v) is 1.94. The molecule has 1 aromatic carbocycles. The fraction of sp³-hybridized carbons (Fsp3) is 0.0769. The Hall–Kier alpha value is -2.02. The highest BCUT2D eigenvalue weighted by atomic mass is 79.9. The quantitative estimate of drug-likeness (QED) is 0.870. The van der Waals surface area contributed by atoms with E-state index < -0.39 is 23.2 Å². The molecule has 0 fully saturated rings. The van der Waals surface area contributed by atoms with Crippen LogP contribution < -0.4 is 10.1 Å². The number of aromatic nitrogens is 1. The molecule has 0 aliphatic rings. The summed E-state index contributed by atoms with van der Waals surface area (Å²) in [5.41, 5.74) is -0.0222. The van der Waals surface area contributed by atoms with Gasteiger partial charge < -0.3 is 10.1 Å². The van der Waals surface area contributed by atoms with Crippen molar-refractivity contribution in [2.75, 3.05) is 12.4 Å². The standard InChI is InChI=1S/C13H9BrF2N2O2/c1-20-10-6-7(2-3-9(10)14)18-13(19)8-4-5-17-12(16)11(8)15/h2-6H,1H3,(H,18,19). The maximum absolute atomic E-state index is 13.4. The summed E-state index contributed by atoms with van der Waals surface area (Å²) in [5, 5.41) is 2.45. The van der Waals surface area contributed by atoms with Crippen LogP contribution in [0.2, 0.25) is 0 Å². The van der Waals surface area contributed by atoms with E-state index in [1.54, 1.807) is 18.2 Å². The van der Waals surface area contributed by atoms with Crippen LogP contribution in [0, 0.1) is 11.8 Å². The normalized spacial score (nSPS) is 10.2. The van der Waals surface area contributed by atoms with Crippen LogP contribution in [0.15, 0.2) is 34.9 Å². The Kier molecular flexibility index (Phi) is 4.29. The number of carbonyl (C=O) groups excluding carboxylic acids is 1. The number of ether oxygens (including phenoxy) is 1. The van der Waals surface area contributed by atoms with Gasteiger partial charge in [0.1, 0.15) is 5.75 Å². The van der Waals surface area contributed by atoms with Crippen LogP contribution >= 0.6 is 15.9 Å². The van der Waals surface area contributed by atoms with Crippen molar-refractivity contribution in [3.05, 3.63) is 52.3 Å². The maximum Gasteiger partial charge on any atom is 0.258 e. The predicted molar refractivity (Wildman–Crippen MR) is 72.8 cm³/mol. The molecule has 1 amide bonds. The van der Waals surface area contributed by atoms with Crippen molar-refractivity contribution >= 4 is 27.5 Å². The van der Waals surface area contributed by atoms with Crippen molar-refractivity contribution in [1.82, 2.24) is 4.98 Å². The first-order valence-electron chi connectivity index (χ1n) is 5.48. The minimum Gasteiger partial charge on any atom is -0.495 e. The minimum atomic E-state index is -1.31. The number of rotatable bonds is 3. The highest BCUT2D eigenvalue weighted by Crippen LogP contribution is 2.28. The van der Waals surface area contributed by atoms with Gasteiger partial charge in [-0.05, 0) is 34.1 Å². The van der Waals surface area contributed by atoms with E-state index in [-0.39, 0.29) is 0 Å². The lowest BCUT2D eigenvalue weighted by Gasteiger charge is -2.09. The second-order valence-electron chi connectivity index (χ2n) is 3.77. The number of halogens is 3. The molecule has 104 valence electrons. The number of nitrogens with one attached hydrogen (secondary N) is 1. The maximum atomic E-state index is 13.4. The SMILES string of the molecule is COc1cc(NC(=O)c2ccnc(F)c2F)ccc1Br. The second-order valence-corrected chi connectivity index (χ2v) is 4.62. The van der Waals surface area contributed by atoms with E-state index >= 15 is 0 Å². The number of hydrogen-bond acceptors (Lipinski definition) is 3. The Bertz CT molecular complexity index is 665. The summed E-state index contributed by atoms with van der Waals surface area (Å²) in [7, 11) is 1.48. The number of anilines is 1. The summed E-state index contributed by atoms with van der Waals surface area (Å²) in [5.74, 6) is -2.86. The molecular formula is C13H9BrF2N2O2. The van der Waals surface area contributed by atoms with Crippen molar-refractivity contribution in [3.63, 3.8) is 0 Å². The van der Waals surface area contributed by atoms with E-state index in [4.69, 9.17) is 4.74 Å². The molecule has 20 heavy (non-hydrogen) atoms.